The molecule has 17 heavy (non-hydrogen) atoms. The maximum absolute atomic E-state index is 11.4. The van der Waals surface area contributed by atoms with Gasteiger partial charge >= 0.3 is 0 Å². The maximum atomic E-state index is 11.4. The standard InChI is InChI=1S/C14H22N2O/c1-14(2,11-16-9-4-3-5-10-16)12-7-6-8-13(17)15-12/h6-8H,3-5,9-11H2,1-2H3,(H,15,17). The first-order valence-electron chi connectivity index (χ1n) is 6.50. The van der Waals surface area contributed by atoms with E-state index in [2.05, 4.69) is 23.7 Å². The van der Waals surface area contributed by atoms with Gasteiger partial charge in [0.2, 0.25) is 5.56 Å². The van der Waals surface area contributed by atoms with E-state index in [-0.39, 0.29) is 11.0 Å². The molecule has 1 N–H and O–H groups in total. The molecule has 1 aliphatic heterocycles. The minimum Gasteiger partial charge on any atom is -0.326 e. The molecule has 1 aromatic heterocycles. The second kappa shape index (κ2) is 5.05. The molecular formula is C14H22N2O. The predicted octanol–water partition coefficient (Wildman–Crippen LogP) is 2.14. The fourth-order valence-electron chi connectivity index (χ4n) is 2.60. The van der Waals surface area contributed by atoms with Gasteiger partial charge in [-0.1, -0.05) is 26.3 Å². The van der Waals surface area contributed by atoms with E-state index in [1.165, 1.54) is 32.4 Å². The lowest BCUT2D eigenvalue weighted by Gasteiger charge is -2.34. The van der Waals surface area contributed by atoms with Crippen LogP contribution in [0.5, 0.6) is 0 Å². The van der Waals surface area contributed by atoms with Crippen LogP contribution in [0.2, 0.25) is 0 Å². The van der Waals surface area contributed by atoms with E-state index in [0.717, 1.165) is 12.2 Å². The number of aromatic amines is 1. The Morgan fingerprint density at radius 3 is 2.59 bits per heavy atom. The number of piperidine rings is 1. The summed E-state index contributed by atoms with van der Waals surface area (Å²) in [6.45, 7) is 7.81. The Hall–Kier alpha value is -1.09. The zero-order valence-electron chi connectivity index (χ0n) is 10.8. The van der Waals surface area contributed by atoms with Gasteiger partial charge in [0.15, 0.2) is 0 Å². The monoisotopic (exact) mass is 234 g/mol. The number of rotatable bonds is 3. The Bertz CT molecular complexity index is 416. The zero-order valence-corrected chi connectivity index (χ0v) is 10.8. The van der Waals surface area contributed by atoms with Gasteiger partial charge in [-0.15, -0.1) is 0 Å². The molecule has 3 nitrogen and oxygen atoms in total. The Kier molecular flexibility index (Phi) is 3.67. The summed E-state index contributed by atoms with van der Waals surface area (Å²) in [4.78, 5) is 16.8. The highest BCUT2D eigenvalue weighted by molar-refractivity contribution is 5.15. The molecule has 0 atom stereocenters. The molecule has 2 rings (SSSR count). The molecular weight excluding hydrogens is 212 g/mol. The SMILES string of the molecule is CC(C)(CN1CCCCC1)c1cccc(=O)[nH]1. The highest BCUT2D eigenvalue weighted by Gasteiger charge is 2.25. The van der Waals surface area contributed by atoms with Crippen LogP contribution in [0.15, 0.2) is 23.0 Å². The van der Waals surface area contributed by atoms with Crippen molar-refractivity contribution in [2.75, 3.05) is 19.6 Å². The number of likely N-dealkylation sites (tertiary alicyclic amines) is 1. The molecule has 0 saturated carbocycles. The number of nitrogens with one attached hydrogen (secondary N) is 1. The number of aromatic nitrogens is 1. The molecule has 0 radical (unpaired) electrons. The van der Waals surface area contributed by atoms with E-state index in [4.69, 9.17) is 0 Å². The third-order valence-electron chi connectivity index (χ3n) is 3.57. The van der Waals surface area contributed by atoms with Crippen LogP contribution in [-0.2, 0) is 5.41 Å². The maximum Gasteiger partial charge on any atom is 0.248 e. The third kappa shape index (κ3) is 3.19. The Morgan fingerprint density at radius 2 is 1.94 bits per heavy atom. The lowest BCUT2D eigenvalue weighted by atomic mass is 9.87. The molecule has 2 heterocycles. The summed E-state index contributed by atoms with van der Waals surface area (Å²) in [5.41, 5.74) is 1.04. The van der Waals surface area contributed by atoms with Crippen molar-refractivity contribution in [1.29, 1.82) is 0 Å². The van der Waals surface area contributed by atoms with Gasteiger partial charge < -0.3 is 9.88 Å². The summed E-state index contributed by atoms with van der Waals surface area (Å²) in [6, 6.07) is 5.43. The minimum absolute atomic E-state index is 0.00535. The van der Waals surface area contributed by atoms with Crippen LogP contribution in [0, 0.1) is 0 Å². The quantitative estimate of drug-likeness (QED) is 0.870. The topological polar surface area (TPSA) is 36.1 Å². The van der Waals surface area contributed by atoms with Crippen molar-refractivity contribution in [2.45, 2.75) is 38.5 Å². The van der Waals surface area contributed by atoms with Gasteiger partial charge in [0, 0.05) is 23.7 Å². The molecule has 0 aliphatic carbocycles. The van der Waals surface area contributed by atoms with Crippen LogP contribution in [0.3, 0.4) is 0 Å². The Balaban J connectivity index is 2.09. The molecule has 1 aromatic rings. The highest BCUT2D eigenvalue weighted by Crippen LogP contribution is 2.23. The molecule has 1 fully saturated rings. The average molecular weight is 234 g/mol. The van der Waals surface area contributed by atoms with Crippen molar-refractivity contribution in [2.24, 2.45) is 0 Å². The second-order valence-electron chi connectivity index (χ2n) is 5.65. The fourth-order valence-corrected chi connectivity index (χ4v) is 2.60. The summed E-state index contributed by atoms with van der Waals surface area (Å²) in [7, 11) is 0. The molecule has 0 aromatic carbocycles. The van der Waals surface area contributed by atoms with E-state index in [1.807, 2.05) is 12.1 Å². The van der Waals surface area contributed by atoms with Crippen molar-refractivity contribution < 1.29 is 0 Å². The van der Waals surface area contributed by atoms with Gasteiger partial charge in [-0.2, -0.15) is 0 Å². The predicted molar refractivity (Wildman–Crippen MR) is 70.4 cm³/mol. The first-order valence-corrected chi connectivity index (χ1v) is 6.50. The largest absolute Gasteiger partial charge is 0.326 e. The molecule has 0 bridgehead atoms. The highest BCUT2D eigenvalue weighted by atomic mass is 16.1. The zero-order chi connectivity index (χ0) is 12.3. The summed E-state index contributed by atoms with van der Waals surface area (Å²) in [5.74, 6) is 0. The average Bonchev–Trinajstić information content (AvgIpc) is 2.30. The second-order valence-corrected chi connectivity index (χ2v) is 5.65. The van der Waals surface area contributed by atoms with Crippen molar-refractivity contribution >= 4 is 0 Å². The van der Waals surface area contributed by atoms with Gasteiger partial charge in [0.1, 0.15) is 0 Å². The fraction of sp³-hybridized carbons (Fsp3) is 0.643. The van der Waals surface area contributed by atoms with Gasteiger partial charge in [0.25, 0.3) is 0 Å². The van der Waals surface area contributed by atoms with Crippen LogP contribution >= 0.6 is 0 Å². The summed E-state index contributed by atoms with van der Waals surface area (Å²) < 4.78 is 0. The van der Waals surface area contributed by atoms with E-state index in [9.17, 15) is 4.79 Å². The van der Waals surface area contributed by atoms with Crippen molar-refractivity contribution in [3.05, 3.63) is 34.2 Å². The van der Waals surface area contributed by atoms with E-state index in [1.54, 1.807) is 6.07 Å². The lowest BCUT2D eigenvalue weighted by Crippen LogP contribution is -2.40. The van der Waals surface area contributed by atoms with Gasteiger partial charge in [0.05, 0.1) is 0 Å². The molecule has 0 spiro atoms. The van der Waals surface area contributed by atoms with Crippen molar-refractivity contribution in [1.82, 2.24) is 9.88 Å². The number of hydrogen-bond donors (Lipinski definition) is 1. The van der Waals surface area contributed by atoms with Crippen LogP contribution in [0.4, 0.5) is 0 Å². The molecule has 1 aliphatic rings. The van der Waals surface area contributed by atoms with Gasteiger partial charge in [-0.05, 0) is 32.0 Å². The van der Waals surface area contributed by atoms with Crippen molar-refractivity contribution in [3.8, 4) is 0 Å². The van der Waals surface area contributed by atoms with Gasteiger partial charge in [-0.25, -0.2) is 0 Å². The van der Waals surface area contributed by atoms with Crippen LogP contribution < -0.4 is 5.56 Å². The number of H-pyrrole nitrogens is 1. The Labute approximate surface area is 103 Å². The van der Waals surface area contributed by atoms with Crippen LogP contribution in [0.25, 0.3) is 0 Å². The number of pyridine rings is 1. The number of hydrogen-bond acceptors (Lipinski definition) is 2. The number of nitrogens with zero attached hydrogens (tertiary/aromatic N) is 1. The smallest absolute Gasteiger partial charge is 0.248 e. The molecule has 1 saturated heterocycles. The lowest BCUT2D eigenvalue weighted by molar-refractivity contribution is 0.188. The summed E-state index contributed by atoms with van der Waals surface area (Å²) >= 11 is 0. The first-order chi connectivity index (χ1) is 8.08. The van der Waals surface area contributed by atoms with Crippen LogP contribution in [-0.4, -0.2) is 29.5 Å². The molecule has 0 amide bonds. The van der Waals surface area contributed by atoms with E-state index >= 15 is 0 Å². The Morgan fingerprint density at radius 1 is 1.24 bits per heavy atom. The first kappa shape index (κ1) is 12.4. The van der Waals surface area contributed by atoms with Crippen LogP contribution in [0.1, 0.15) is 38.8 Å². The summed E-state index contributed by atoms with van der Waals surface area (Å²) in [6.07, 6.45) is 3.97. The van der Waals surface area contributed by atoms with E-state index < -0.39 is 0 Å². The molecule has 0 unspecified atom stereocenters. The van der Waals surface area contributed by atoms with Crippen molar-refractivity contribution in [3.63, 3.8) is 0 Å². The minimum atomic E-state index is -0.00535. The molecule has 94 valence electrons. The third-order valence-corrected chi connectivity index (χ3v) is 3.57. The normalized spacial score (nSPS) is 18.2. The molecule has 3 heteroatoms. The van der Waals surface area contributed by atoms with E-state index in [0.29, 0.717) is 0 Å². The summed E-state index contributed by atoms with van der Waals surface area (Å²) in [5, 5.41) is 0. The van der Waals surface area contributed by atoms with Gasteiger partial charge in [-0.3, -0.25) is 4.79 Å².